The Morgan fingerprint density at radius 1 is 1.04 bits per heavy atom. The molecule has 0 aliphatic carbocycles. The molecule has 1 amide bonds. The van der Waals surface area contributed by atoms with Gasteiger partial charge in [-0.1, -0.05) is 30.3 Å². The van der Waals surface area contributed by atoms with Crippen LogP contribution < -0.4 is 10.9 Å². The maximum absolute atomic E-state index is 12.4. The van der Waals surface area contributed by atoms with Gasteiger partial charge >= 0.3 is 11.6 Å². The maximum Gasteiger partial charge on any atom is 0.345 e. The fourth-order valence-corrected chi connectivity index (χ4v) is 3.43. The molecule has 0 bridgehead atoms. The number of nitrogens with one attached hydrogen (secondary N) is 1. The number of para-hydroxylation sites is 1. The van der Waals surface area contributed by atoms with Gasteiger partial charge in [0.25, 0.3) is 5.91 Å². The second kappa shape index (κ2) is 7.09. The highest BCUT2D eigenvalue weighted by atomic mass is 32.1. The smallest absolute Gasteiger partial charge is 0.345 e. The predicted octanol–water partition coefficient (Wildman–Crippen LogP) is 3.87. The fraction of sp³-hybridized carbons (Fsp3) is 0. The summed E-state index contributed by atoms with van der Waals surface area (Å²) in [7, 11) is 0. The number of nitrogens with zero attached hydrogens (tertiary/aromatic N) is 1. The Labute approximate surface area is 161 Å². The Bertz CT molecular complexity index is 1270. The average molecular weight is 392 g/mol. The van der Waals surface area contributed by atoms with Crippen LogP contribution in [0.3, 0.4) is 0 Å². The Morgan fingerprint density at radius 3 is 2.54 bits per heavy atom. The molecule has 0 atom stereocenters. The van der Waals surface area contributed by atoms with Crippen LogP contribution in [0.15, 0.2) is 69.2 Å². The van der Waals surface area contributed by atoms with Crippen LogP contribution in [0.1, 0.15) is 20.7 Å². The first-order chi connectivity index (χ1) is 13.5. The zero-order valence-electron chi connectivity index (χ0n) is 14.2. The number of anilines is 1. The summed E-state index contributed by atoms with van der Waals surface area (Å²) in [5, 5.41) is 14.4. The molecule has 0 radical (unpaired) electrons. The number of carboxylic acid groups (broad SMARTS) is 1. The van der Waals surface area contributed by atoms with Crippen molar-refractivity contribution in [3.05, 3.63) is 81.5 Å². The summed E-state index contributed by atoms with van der Waals surface area (Å²) in [6.45, 7) is 0. The number of carbonyl (C=O) groups excluding carboxylic acids is 1. The van der Waals surface area contributed by atoms with Crippen molar-refractivity contribution in [2.45, 2.75) is 0 Å². The van der Waals surface area contributed by atoms with Crippen molar-refractivity contribution in [3.8, 4) is 11.3 Å². The standard InChI is InChI=1S/C20H12N2O5S/c23-17(12-6-2-3-7-13(12)18(24)25)22-20-21-15(10-28-20)14-9-11-5-1-4-8-16(11)27-19(14)26/h1-10H,(H,24,25)(H,21,22,23). The monoisotopic (exact) mass is 392 g/mol. The van der Waals surface area contributed by atoms with Crippen LogP contribution in [-0.2, 0) is 0 Å². The zero-order valence-corrected chi connectivity index (χ0v) is 15.0. The SMILES string of the molecule is O=C(O)c1ccccc1C(=O)Nc1nc(-c2cc3ccccc3oc2=O)cs1. The number of thiazole rings is 1. The summed E-state index contributed by atoms with van der Waals surface area (Å²) in [6.07, 6.45) is 0. The Hall–Kier alpha value is -3.78. The highest BCUT2D eigenvalue weighted by Crippen LogP contribution is 2.25. The molecule has 2 heterocycles. The topological polar surface area (TPSA) is 110 Å². The van der Waals surface area contributed by atoms with Crippen LogP contribution in [0.5, 0.6) is 0 Å². The van der Waals surface area contributed by atoms with E-state index in [9.17, 15) is 19.5 Å². The van der Waals surface area contributed by atoms with Crippen molar-refractivity contribution < 1.29 is 19.1 Å². The molecule has 4 rings (SSSR count). The molecule has 2 N–H and O–H groups in total. The molecular weight excluding hydrogens is 380 g/mol. The van der Waals surface area contributed by atoms with Gasteiger partial charge in [0.2, 0.25) is 0 Å². The molecule has 4 aromatic rings. The van der Waals surface area contributed by atoms with Crippen LogP contribution in [0.2, 0.25) is 0 Å². The molecular formula is C20H12N2O5S. The van der Waals surface area contributed by atoms with Crippen LogP contribution >= 0.6 is 11.3 Å². The number of carboxylic acids is 1. The molecule has 0 unspecified atom stereocenters. The van der Waals surface area contributed by atoms with Crippen molar-refractivity contribution in [1.82, 2.24) is 4.98 Å². The first-order valence-corrected chi connectivity index (χ1v) is 9.03. The average Bonchev–Trinajstić information content (AvgIpc) is 3.15. The number of benzene rings is 2. The minimum atomic E-state index is -1.20. The third-order valence-corrected chi connectivity index (χ3v) is 4.80. The van der Waals surface area contributed by atoms with Crippen molar-refractivity contribution >= 4 is 39.3 Å². The first-order valence-electron chi connectivity index (χ1n) is 8.15. The van der Waals surface area contributed by atoms with Crippen molar-refractivity contribution in [3.63, 3.8) is 0 Å². The lowest BCUT2D eigenvalue weighted by molar-refractivity contribution is 0.0692. The molecule has 0 fully saturated rings. The van der Waals surface area contributed by atoms with E-state index < -0.39 is 17.5 Å². The van der Waals surface area contributed by atoms with E-state index in [2.05, 4.69) is 10.3 Å². The Balaban J connectivity index is 1.64. The number of hydrogen-bond donors (Lipinski definition) is 2. The van der Waals surface area contributed by atoms with Crippen LogP contribution in [0.4, 0.5) is 5.13 Å². The zero-order chi connectivity index (χ0) is 19.7. The Morgan fingerprint density at radius 2 is 1.75 bits per heavy atom. The van der Waals surface area contributed by atoms with Gasteiger partial charge in [-0.25, -0.2) is 14.6 Å². The van der Waals surface area contributed by atoms with Crippen molar-refractivity contribution in [2.24, 2.45) is 0 Å². The second-order valence-electron chi connectivity index (χ2n) is 5.83. The van der Waals surface area contributed by atoms with E-state index >= 15 is 0 Å². The van der Waals surface area contributed by atoms with E-state index in [1.54, 1.807) is 35.7 Å². The molecule has 0 saturated carbocycles. The molecule has 0 saturated heterocycles. The summed E-state index contributed by atoms with van der Waals surface area (Å²) in [5.41, 5.74) is 0.514. The molecule has 28 heavy (non-hydrogen) atoms. The van der Waals surface area contributed by atoms with E-state index in [-0.39, 0.29) is 21.8 Å². The van der Waals surface area contributed by atoms with Gasteiger partial charge in [0.1, 0.15) is 5.58 Å². The van der Waals surface area contributed by atoms with E-state index in [4.69, 9.17) is 4.42 Å². The summed E-state index contributed by atoms with van der Waals surface area (Å²) in [5.74, 6) is -1.79. The number of hydrogen-bond acceptors (Lipinski definition) is 6. The molecule has 2 aromatic heterocycles. The van der Waals surface area contributed by atoms with Gasteiger partial charge in [0.15, 0.2) is 5.13 Å². The molecule has 0 aliphatic rings. The number of aromatic carboxylic acids is 1. The van der Waals surface area contributed by atoms with Crippen LogP contribution in [0, 0.1) is 0 Å². The highest BCUT2D eigenvalue weighted by molar-refractivity contribution is 7.14. The van der Waals surface area contributed by atoms with Crippen LogP contribution in [0.25, 0.3) is 22.2 Å². The van der Waals surface area contributed by atoms with Gasteiger partial charge in [0, 0.05) is 10.8 Å². The lowest BCUT2D eigenvalue weighted by Gasteiger charge is -2.05. The number of rotatable bonds is 4. The minimum Gasteiger partial charge on any atom is -0.478 e. The van der Waals surface area contributed by atoms with E-state index in [1.165, 1.54) is 12.1 Å². The molecule has 0 spiro atoms. The number of amides is 1. The van der Waals surface area contributed by atoms with E-state index in [0.717, 1.165) is 16.7 Å². The molecule has 2 aromatic carbocycles. The third-order valence-electron chi connectivity index (χ3n) is 4.04. The minimum absolute atomic E-state index is 0.0250. The van der Waals surface area contributed by atoms with Gasteiger partial charge in [-0.2, -0.15) is 0 Å². The van der Waals surface area contributed by atoms with E-state index in [0.29, 0.717) is 11.3 Å². The largest absolute Gasteiger partial charge is 0.478 e. The fourth-order valence-electron chi connectivity index (χ4n) is 2.73. The third kappa shape index (κ3) is 3.28. The molecule has 7 nitrogen and oxygen atoms in total. The number of fused-ring (bicyclic) bond motifs is 1. The lowest BCUT2D eigenvalue weighted by atomic mass is 10.1. The number of aromatic nitrogens is 1. The van der Waals surface area contributed by atoms with Crippen molar-refractivity contribution in [1.29, 1.82) is 0 Å². The quantitative estimate of drug-likeness (QED) is 0.510. The Kier molecular flexibility index (Phi) is 4.46. The summed E-state index contributed by atoms with van der Waals surface area (Å²) >= 11 is 1.12. The highest BCUT2D eigenvalue weighted by Gasteiger charge is 2.18. The molecule has 138 valence electrons. The number of carbonyl (C=O) groups is 2. The first kappa shape index (κ1) is 17.6. The van der Waals surface area contributed by atoms with Gasteiger partial charge in [-0.05, 0) is 24.3 Å². The molecule has 8 heteroatoms. The summed E-state index contributed by atoms with van der Waals surface area (Å²) in [6, 6.07) is 14.7. The van der Waals surface area contributed by atoms with Gasteiger partial charge in [0.05, 0.1) is 22.4 Å². The summed E-state index contributed by atoms with van der Waals surface area (Å²) < 4.78 is 5.31. The normalized spacial score (nSPS) is 10.7. The van der Waals surface area contributed by atoms with Crippen molar-refractivity contribution in [2.75, 3.05) is 5.32 Å². The van der Waals surface area contributed by atoms with E-state index in [1.807, 2.05) is 12.1 Å². The lowest BCUT2D eigenvalue weighted by Crippen LogP contribution is -2.16. The van der Waals surface area contributed by atoms with Gasteiger partial charge in [-0.3, -0.25) is 10.1 Å². The molecule has 0 aliphatic heterocycles. The van der Waals surface area contributed by atoms with Gasteiger partial charge < -0.3 is 9.52 Å². The maximum atomic E-state index is 12.4. The van der Waals surface area contributed by atoms with Gasteiger partial charge in [-0.15, -0.1) is 11.3 Å². The van der Waals surface area contributed by atoms with Crippen LogP contribution in [-0.4, -0.2) is 22.0 Å². The predicted molar refractivity (Wildman–Crippen MR) is 105 cm³/mol. The second-order valence-corrected chi connectivity index (χ2v) is 6.69. The summed E-state index contributed by atoms with van der Waals surface area (Å²) in [4.78, 5) is 40.2.